The van der Waals surface area contributed by atoms with Gasteiger partial charge in [-0.15, -0.1) is 0 Å². The highest BCUT2D eigenvalue weighted by atomic mass is 79.9. The van der Waals surface area contributed by atoms with Crippen molar-refractivity contribution in [3.05, 3.63) is 28.5 Å². The Kier molecular flexibility index (Phi) is 8.02. The molecule has 6 nitrogen and oxygen atoms in total. The van der Waals surface area contributed by atoms with Crippen LogP contribution in [0.3, 0.4) is 0 Å². The predicted molar refractivity (Wildman–Crippen MR) is 102 cm³/mol. The van der Waals surface area contributed by atoms with Gasteiger partial charge in [-0.25, -0.2) is 9.18 Å². The molecule has 146 valence electrons. The first-order valence-electron chi connectivity index (χ1n) is 8.24. The molecule has 0 unspecified atom stereocenters. The minimum atomic E-state index is -1.02. The van der Waals surface area contributed by atoms with E-state index in [1.807, 2.05) is 13.8 Å². The molecule has 0 aromatic heterocycles. The van der Waals surface area contributed by atoms with E-state index in [4.69, 9.17) is 9.47 Å². The monoisotopic (exact) mass is 432 g/mol. The number of benzene rings is 1. The third-order valence-corrected chi connectivity index (χ3v) is 3.68. The lowest BCUT2D eigenvalue weighted by Gasteiger charge is -2.27. The maximum absolute atomic E-state index is 14.1. The van der Waals surface area contributed by atoms with E-state index in [9.17, 15) is 14.0 Å². The van der Waals surface area contributed by atoms with Crippen LogP contribution in [0.25, 0.3) is 0 Å². The van der Waals surface area contributed by atoms with Gasteiger partial charge in [-0.3, -0.25) is 4.79 Å². The van der Waals surface area contributed by atoms with Crippen LogP contribution in [-0.4, -0.2) is 43.4 Å². The van der Waals surface area contributed by atoms with Crippen LogP contribution in [0.5, 0.6) is 0 Å². The molecule has 1 aromatic carbocycles. The first kappa shape index (κ1) is 22.4. The van der Waals surface area contributed by atoms with Crippen molar-refractivity contribution >= 4 is 33.6 Å². The summed E-state index contributed by atoms with van der Waals surface area (Å²) in [6.07, 6.45) is -0.884. The molecule has 2 amide bonds. The zero-order valence-corrected chi connectivity index (χ0v) is 17.5. The third kappa shape index (κ3) is 7.29. The minimum Gasteiger partial charge on any atom is -0.444 e. The van der Waals surface area contributed by atoms with E-state index < -0.39 is 29.5 Å². The van der Waals surface area contributed by atoms with Gasteiger partial charge in [-0.05, 0) is 52.8 Å². The molecule has 0 fully saturated rings. The van der Waals surface area contributed by atoms with Gasteiger partial charge in [-0.2, -0.15) is 0 Å². The molecule has 0 saturated carbocycles. The number of likely N-dealkylation sites (N-methyl/N-ethyl adjacent to an activating group) is 1. The fraction of sp³-hybridized carbons (Fsp3) is 0.556. The number of carbonyl (C=O) groups is 2. The number of hydrogen-bond acceptors (Lipinski definition) is 4. The molecule has 1 atom stereocenters. The Bertz CT molecular complexity index is 647. The van der Waals surface area contributed by atoms with E-state index in [1.54, 1.807) is 20.8 Å². The summed E-state index contributed by atoms with van der Waals surface area (Å²) in [5.41, 5.74) is -0.622. The van der Waals surface area contributed by atoms with Crippen LogP contribution in [0.1, 0.15) is 34.6 Å². The highest BCUT2D eigenvalue weighted by Crippen LogP contribution is 2.23. The quantitative estimate of drug-likeness (QED) is 0.740. The maximum Gasteiger partial charge on any atom is 0.408 e. The number of rotatable bonds is 6. The second kappa shape index (κ2) is 9.32. The average Bonchev–Trinajstić information content (AvgIpc) is 2.50. The molecule has 0 heterocycles. The van der Waals surface area contributed by atoms with Gasteiger partial charge in [-0.1, -0.05) is 15.9 Å². The Labute approximate surface area is 162 Å². The van der Waals surface area contributed by atoms with Crippen LogP contribution in [0.2, 0.25) is 0 Å². The lowest BCUT2D eigenvalue weighted by atomic mass is 10.2. The van der Waals surface area contributed by atoms with E-state index in [0.717, 1.165) is 4.90 Å². The first-order chi connectivity index (χ1) is 11.9. The standard InChI is InChI=1S/C18H26BrFN2O4/c1-11(2)25-10-14(21-17(24)26-18(3,4)5)16(23)22(6)15-9-12(19)7-8-13(15)20/h7-9,11,14H,10H2,1-6H3,(H,21,24)/t14-/m0/s1. The lowest BCUT2D eigenvalue weighted by Crippen LogP contribution is -2.51. The second-order valence-corrected chi connectivity index (χ2v) is 7.99. The Hall–Kier alpha value is -1.67. The number of alkyl carbamates (subject to hydrolysis) is 1. The highest BCUT2D eigenvalue weighted by Gasteiger charge is 2.29. The summed E-state index contributed by atoms with van der Waals surface area (Å²) in [5.74, 6) is -1.07. The largest absolute Gasteiger partial charge is 0.444 e. The number of anilines is 1. The van der Waals surface area contributed by atoms with Crippen molar-refractivity contribution in [1.82, 2.24) is 5.32 Å². The van der Waals surface area contributed by atoms with Gasteiger partial charge >= 0.3 is 6.09 Å². The van der Waals surface area contributed by atoms with Crippen molar-refractivity contribution in [1.29, 1.82) is 0 Å². The van der Waals surface area contributed by atoms with E-state index >= 15 is 0 Å². The van der Waals surface area contributed by atoms with Crippen molar-refractivity contribution < 1.29 is 23.5 Å². The molecule has 0 aliphatic heterocycles. The summed E-state index contributed by atoms with van der Waals surface area (Å²) in [6, 6.07) is 3.26. The second-order valence-electron chi connectivity index (χ2n) is 7.07. The third-order valence-electron chi connectivity index (χ3n) is 3.19. The molecule has 8 heteroatoms. The molecule has 0 spiro atoms. The van der Waals surface area contributed by atoms with Gasteiger partial charge in [0, 0.05) is 11.5 Å². The average molecular weight is 433 g/mol. The topological polar surface area (TPSA) is 67.9 Å². The minimum absolute atomic E-state index is 0.0598. The summed E-state index contributed by atoms with van der Waals surface area (Å²) in [7, 11) is 1.44. The van der Waals surface area contributed by atoms with E-state index in [0.29, 0.717) is 4.47 Å². The molecule has 1 aromatic rings. The summed E-state index contributed by atoms with van der Waals surface area (Å²) in [6.45, 7) is 8.72. The zero-order chi connectivity index (χ0) is 20.1. The Morgan fingerprint density at radius 2 is 1.92 bits per heavy atom. The van der Waals surface area contributed by atoms with Crippen molar-refractivity contribution in [2.24, 2.45) is 0 Å². The Morgan fingerprint density at radius 1 is 1.31 bits per heavy atom. The van der Waals surface area contributed by atoms with Crippen LogP contribution in [-0.2, 0) is 14.3 Å². The molecule has 1 N–H and O–H groups in total. The van der Waals surface area contributed by atoms with Gasteiger partial charge in [0.05, 0.1) is 18.4 Å². The van der Waals surface area contributed by atoms with Gasteiger partial charge in [0.1, 0.15) is 17.5 Å². The predicted octanol–water partition coefficient (Wildman–Crippen LogP) is 3.87. The van der Waals surface area contributed by atoms with Crippen molar-refractivity contribution in [2.75, 3.05) is 18.6 Å². The van der Waals surface area contributed by atoms with Crippen molar-refractivity contribution in [2.45, 2.75) is 52.4 Å². The highest BCUT2D eigenvalue weighted by molar-refractivity contribution is 9.10. The summed E-state index contributed by atoms with van der Waals surface area (Å²) in [4.78, 5) is 26.0. The van der Waals surface area contributed by atoms with Crippen molar-refractivity contribution in [3.63, 3.8) is 0 Å². The van der Waals surface area contributed by atoms with E-state index in [1.165, 1.54) is 25.2 Å². The van der Waals surface area contributed by atoms with E-state index in [-0.39, 0.29) is 18.4 Å². The number of hydrogen-bond donors (Lipinski definition) is 1. The van der Waals surface area contributed by atoms with Crippen LogP contribution in [0.4, 0.5) is 14.9 Å². The fourth-order valence-corrected chi connectivity index (χ4v) is 2.36. The van der Waals surface area contributed by atoms with Gasteiger partial charge in [0.25, 0.3) is 5.91 Å². The van der Waals surface area contributed by atoms with Crippen LogP contribution in [0, 0.1) is 5.82 Å². The molecule has 0 aliphatic rings. The molecule has 0 bridgehead atoms. The maximum atomic E-state index is 14.1. The Morgan fingerprint density at radius 3 is 2.46 bits per heavy atom. The van der Waals surface area contributed by atoms with Crippen LogP contribution in [0.15, 0.2) is 22.7 Å². The zero-order valence-electron chi connectivity index (χ0n) is 15.9. The number of ether oxygens (including phenoxy) is 2. The molecule has 0 radical (unpaired) electrons. The molecule has 0 aliphatic carbocycles. The number of halogens is 2. The number of carbonyl (C=O) groups excluding carboxylic acids is 2. The number of nitrogens with one attached hydrogen (secondary N) is 1. The van der Waals surface area contributed by atoms with Crippen LogP contribution >= 0.6 is 15.9 Å². The van der Waals surface area contributed by atoms with Crippen molar-refractivity contribution in [3.8, 4) is 0 Å². The first-order valence-corrected chi connectivity index (χ1v) is 9.03. The Balaban J connectivity index is 2.98. The van der Waals surface area contributed by atoms with Gasteiger partial charge < -0.3 is 19.7 Å². The SMILES string of the molecule is CC(C)OC[C@H](NC(=O)OC(C)(C)C)C(=O)N(C)c1cc(Br)ccc1F. The van der Waals surface area contributed by atoms with E-state index in [2.05, 4.69) is 21.2 Å². The smallest absolute Gasteiger partial charge is 0.408 e. The molecule has 0 saturated heterocycles. The summed E-state index contributed by atoms with van der Waals surface area (Å²) < 4.78 is 25.4. The van der Waals surface area contributed by atoms with Gasteiger partial charge in [0.15, 0.2) is 0 Å². The van der Waals surface area contributed by atoms with Crippen LogP contribution < -0.4 is 10.2 Å². The normalized spacial score (nSPS) is 12.7. The molecule has 26 heavy (non-hydrogen) atoms. The molecule has 1 rings (SSSR count). The number of amides is 2. The lowest BCUT2D eigenvalue weighted by molar-refractivity contribution is -0.122. The molecular formula is C18H26BrFN2O4. The fourth-order valence-electron chi connectivity index (χ4n) is 2.01. The number of nitrogens with zero attached hydrogens (tertiary/aromatic N) is 1. The summed E-state index contributed by atoms with van der Waals surface area (Å²) in [5, 5.41) is 2.50. The summed E-state index contributed by atoms with van der Waals surface area (Å²) >= 11 is 3.25. The van der Waals surface area contributed by atoms with Gasteiger partial charge in [0.2, 0.25) is 0 Å². The molecular weight excluding hydrogens is 407 g/mol.